The second-order valence-corrected chi connectivity index (χ2v) is 13.3. The predicted octanol–water partition coefficient (Wildman–Crippen LogP) is 5.38. The van der Waals surface area contributed by atoms with E-state index in [0.717, 1.165) is 37.2 Å². The zero-order chi connectivity index (χ0) is 34.2. The molecule has 2 aliphatic heterocycles. The molecule has 2 aromatic carbocycles. The number of aryl methyl sites for hydroxylation is 1. The number of hydrogen-bond acceptors (Lipinski definition) is 10. The Balaban J connectivity index is 1.07. The molecule has 0 spiro atoms. The van der Waals surface area contributed by atoms with Gasteiger partial charge in [0, 0.05) is 41.9 Å². The third-order valence-electron chi connectivity index (χ3n) is 10.5. The van der Waals surface area contributed by atoms with E-state index in [9.17, 15) is 14.4 Å². The minimum absolute atomic E-state index is 0.00520. The molecular weight excluding hydrogens is 626 g/mol. The van der Waals surface area contributed by atoms with E-state index in [1.165, 1.54) is 36.9 Å². The SMILES string of the molecule is COC(=O)C1CC(OC(=O)c2cc(C)c(OC(=O)Cc3ccccn3)c(OC)c2)C[C@@H]2CN3CCc4c([nH]c5cc(OC)ccc45)C3C[C@H]12. The minimum Gasteiger partial charge on any atom is -0.497 e. The van der Waals surface area contributed by atoms with E-state index < -0.39 is 24.0 Å². The Morgan fingerprint density at radius 2 is 1.86 bits per heavy atom. The third kappa shape index (κ3) is 6.35. The lowest BCUT2D eigenvalue weighted by molar-refractivity contribution is -0.155. The number of carbonyl (C=O) groups excluding carboxylic acids is 3. The average molecular weight is 668 g/mol. The molecule has 11 nitrogen and oxygen atoms in total. The highest BCUT2D eigenvalue weighted by Crippen LogP contribution is 2.50. The van der Waals surface area contributed by atoms with Crippen molar-refractivity contribution in [3.63, 3.8) is 0 Å². The summed E-state index contributed by atoms with van der Waals surface area (Å²) in [7, 11) is 4.55. The molecule has 1 saturated heterocycles. The number of carbonyl (C=O) groups is 3. The molecule has 1 aliphatic carbocycles. The first-order chi connectivity index (χ1) is 23.8. The van der Waals surface area contributed by atoms with Gasteiger partial charge in [-0.2, -0.15) is 0 Å². The highest BCUT2D eigenvalue weighted by Gasteiger charge is 2.49. The summed E-state index contributed by atoms with van der Waals surface area (Å²) in [5.41, 5.74) is 5.04. The average Bonchev–Trinajstić information content (AvgIpc) is 3.49. The van der Waals surface area contributed by atoms with Gasteiger partial charge < -0.3 is 28.7 Å². The Bertz CT molecular complexity index is 1890. The molecule has 256 valence electrons. The number of aromatic amines is 1. The highest BCUT2D eigenvalue weighted by atomic mass is 16.6. The summed E-state index contributed by atoms with van der Waals surface area (Å²) in [6.07, 6.45) is 3.95. The first kappa shape index (κ1) is 32.6. The first-order valence-electron chi connectivity index (χ1n) is 16.8. The fourth-order valence-corrected chi connectivity index (χ4v) is 8.22. The zero-order valence-corrected chi connectivity index (χ0v) is 28.2. The van der Waals surface area contributed by atoms with Crippen molar-refractivity contribution in [2.45, 2.75) is 51.2 Å². The van der Waals surface area contributed by atoms with Gasteiger partial charge in [0.2, 0.25) is 0 Å². The Morgan fingerprint density at radius 1 is 1.00 bits per heavy atom. The van der Waals surface area contributed by atoms with Gasteiger partial charge in [0.1, 0.15) is 11.9 Å². The Labute approximate surface area is 284 Å². The topological polar surface area (TPSA) is 129 Å². The number of ether oxygens (including phenoxy) is 5. The fraction of sp³-hybridized carbons (Fsp3) is 0.421. The molecule has 0 radical (unpaired) electrons. The van der Waals surface area contributed by atoms with Crippen molar-refractivity contribution in [3.8, 4) is 17.2 Å². The van der Waals surface area contributed by atoms with Crippen molar-refractivity contribution in [3.05, 3.63) is 82.8 Å². The van der Waals surface area contributed by atoms with Crippen LogP contribution in [0.25, 0.3) is 10.9 Å². The van der Waals surface area contributed by atoms with Gasteiger partial charge in [0.05, 0.1) is 51.0 Å². The largest absolute Gasteiger partial charge is 0.497 e. The van der Waals surface area contributed by atoms with Gasteiger partial charge in [-0.25, -0.2) is 4.79 Å². The molecule has 11 heteroatoms. The van der Waals surface area contributed by atoms with Crippen molar-refractivity contribution in [2.24, 2.45) is 17.8 Å². The van der Waals surface area contributed by atoms with E-state index in [2.05, 4.69) is 20.9 Å². The van der Waals surface area contributed by atoms with Gasteiger partial charge >= 0.3 is 17.9 Å². The van der Waals surface area contributed by atoms with Crippen LogP contribution in [0.15, 0.2) is 54.7 Å². The maximum absolute atomic E-state index is 13.6. The second kappa shape index (κ2) is 13.5. The van der Waals surface area contributed by atoms with Crippen molar-refractivity contribution in [1.82, 2.24) is 14.9 Å². The van der Waals surface area contributed by atoms with E-state index in [4.69, 9.17) is 23.7 Å². The number of H-pyrrole nitrogens is 1. The Hall–Kier alpha value is -4.90. The van der Waals surface area contributed by atoms with Crippen LogP contribution in [0.4, 0.5) is 0 Å². The van der Waals surface area contributed by atoms with Crippen LogP contribution in [-0.2, 0) is 31.9 Å². The monoisotopic (exact) mass is 667 g/mol. The molecule has 1 saturated carbocycles. The van der Waals surface area contributed by atoms with Crippen LogP contribution in [-0.4, -0.2) is 73.3 Å². The summed E-state index contributed by atoms with van der Waals surface area (Å²) >= 11 is 0. The lowest BCUT2D eigenvalue weighted by Crippen LogP contribution is -2.52. The standard InChI is InChI=1S/C38H41N3O8/c1-21-13-22(15-33(46-3)36(21)49-34(42)16-24-7-5-6-11-39-24)37(43)48-26-14-23-20-41-12-10-28-27-9-8-25(45-2)18-31(27)40-35(28)32(41)19-29(23)30(17-26)38(44)47-4/h5-9,11,13,15,18,23,26,29-30,32,40H,10,12,14,16-17,19-20H2,1-4H3/t23-,26?,29+,30?,32?/m1/s1. The van der Waals surface area contributed by atoms with Gasteiger partial charge in [0.15, 0.2) is 11.5 Å². The van der Waals surface area contributed by atoms with Crippen molar-refractivity contribution in [2.75, 3.05) is 34.4 Å². The number of nitrogens with zero attached hydrogens (tertiary/aromatic N) is 2. The first-order valence-corrected chi connectivity index (χ1v) is 16.8. The summed E-state index contributed by atoms with van der Waals surface area (Å²) in [4.78, 5) is 49.9. The molecule has 0 bridgehead atoms. The van der Waals surface area contributed by atoms with E-state index in [1.54, 1.807) is 44.5 Å². The van der Waals surface area contributed by atoms with Crippen LogP contribution in [0, 0.1) is 24.7 Å². The summed E-state index contributed by atoms with van der Waals surface area (Å²) in [6, 6.07) is 14.8. The summed E-state index contributed by atoms with van der Waals surface area (Å²) < 4.78 is 28.0. The van der Waals surface area contributed by atoms with E-state index in [-0.39, 0.29) is 47.3 Å². The number of fused-ring (bicyclic) bond motifs is 6. The number of esters is 3. The summed E-state index contributed by atoms with van der Waals surface area (Å²) in [6.45, 7) is 3.47. The number of nitrogens with one attached hydrogen (secondary N) is 1. The van der Waals surface area contributed by atoms with Gasteiger partial charge in [-0.05, 0) is 92.0 Å². The summed E-state index contributed by atoms with van der Waals surface area (Å²) in [5, 5.41) is 1.22. The maximum atomic E-state index is 13.6. The normalized spacial score (nSPS) is 23.1. The number of benzene rings is 2. The van der Waals surface area contributed by atoms with Gasteiger partial charge in [-0.3, -0.25) is 19.5 Å². The second-order valence-electron chi connectivity index (χ2n) is 13.3. The van der Waals surface area contributed by atoms with Gasteiger partial charge in [-0.15, -0.1) is 0 Å². The minimum atomic E-state index is -0.523. The smallest absolute Gasteiger partial charge is 0.338 e. The summed E-state index contributed by atoms with van der Waals surface area (Å²) in [5.74, 6) is -0.123. The molecular formula is C38H41N3O8. The molecule has 2 fully saturated rings. The van der Waals surface area contributed by atoms with Crippen LogP contribution in [0.2, 0.25) is 0 Å². The number of piperidine rings is 1. The highest BCUT2D eigenvalue weighted by molar-refractivity contribution is 5.91. The van der Waals surface area contributed by atoms with Crippen LogP contribution in [0.3, 0.4) is 0 Å². The van der Waals surface area contributed by atoms with E-state index in [1.807, 2.05) is 12.1 Å². The number of pyridine rings is 1. The Kier molecular flexibility index (Phi) is 9.02. The van der Waals surface area contributed by atoms with Gasteiger partial charge in [0.25, 0.3) is 0 Å². The molecule has 0 amide bonds. The van der Waals surface area contributed by atoms with Crippen LogP contribution in [0.5, 0.6) is 17.2 Å². The molecule has 5 atom stereocenters. The van der Waals surface area contributed by atoms with E-state index >= 15 is 0 Å². The molecule has 3 aliphatic rings. The molecule has 4 heterocycles. The molecule has 49 heavy (non-hydrogen) atoms. The third-order valence-corrected chi connectivity index (χ3v) is 10.5. The van der Waals surface area contributed by atoms with Crippen LogP contribution >= 0.6 is 0 Å². The maximum Gasteiger partial charge on any atom is 0.338 e. The molecule has 4 aromatic rings. The predicted molar refractivity (Wildman–Crippen MR) is 180 cm³/mol. The quantitative estimate of drug-likeness (QED) is 0.193. The number of hydrogen-bond donors (Lipinski definition) is 1. The molecule has 2 aromatic heterocycles. The molecule has 3 unspecified atom stereocenters. The number of rotatable bonds is 8. The zero-order valence-electron chi connectivity index (χ0n) is 28.2. The molecule has 7 rings (SSSR count). The van der Waals surface area contributed by atoms with Crippen molar-refractivity contribution < 1.29 is 38.1 Å². The fourth-order valence-electron chi connectivity index (χ4n) is 8.22. The van der Waals surface area contributed by atoms with Crippen molar-refractivity contribution in [1.29, 1.82) is 0 Å². The van der Waals surface area contributed by atoms with Crippen LogP contribution < -0.4 is 14.2 Å². The lowest BCUT2D eigenvalue weighted by Gasteiger charge is -2.51. The number of aromatic nitrogens is 2. The van der Waals surface area contributed by atoms with Crippen LogP contribution in [0.1, 0.15) is 58.2 Å². The molecule has 1 N–H and O–H groups in total. The lowest BCUT2D eigenvalue weighted by atomic mass is 9.65. The van der Waals surface area contributed by atoms with Crippen molar-refractivity contribution >= 4 is 28.8 Å². The van der Waals surface area contributed by atoms with Gasteiger partial charge in [-0.1, -0.05) is 6.07 Å². The van der Waals surface area contributed by atoms with E-state index in [0.29, 0.717) is 24.1 Å². The Morgan fingerprint density at radius 3 is 2.61 bits per heavy atom. The number of methoxy groups -OCH3 is 3.